The van der Waals surface area contributed by atoms with E-state index in [1.165, 1.54) is 0 Å². The van der Waals surface area contributed by atoms with Gasteiger partial charge < -0.3 is 47.4 Å². The lowest BCUT2D eigenvalue weighted by Crippen LogP contribution is -2.44. The Hall–Kier alpha value is -1.77. The van der Waals surface area contributed by atoms with Gasteiger partial charge in [-0.15, -0.1) is 0 Å². The van der Waals surface area contributed by atoms with Crippen LogP contribution in [0.25, 0.3) is 0 Å². The van der Waals surface area contributed by atoms with Crippen LogP contribution in [0.3, 0.4) is 0 Å². The van der Waals surface area contributed by atoms with Crippen molar-refractivity contribution >= 4 is 20.1 Å². The van der Waals surface area contributed by atoms with Gasteiger partial charge >= 0.3 is 6.09 Å². The lowest BCUT2D eigenvalue weighted by atomic mass is 10.1. The Balaban J connectivity index is 2.02. The van der Waals surface area contributed by atoms with Crippen molar-refractivity contribution in [3.8, 4) is 0 Å². The van der Waals surface area contributed by atoms with Crippen LogP contribution in [0.2, 0.25) is 18.1 Å². The summed E-state index contributed by atoms with van der Waals surface area (Å²) in [5.74, 6) is 0. The molecule has 0 N–H and O–H groups in total. The fourth-order valence-electron chi connectivity index (χ4n) is 4.14. The van der Waals surface area contributed by atoms with Crippen LogP contribution in [0.15, 0.2) is 24.3 Å². The van der Waals surface area contributed by atoms with E-state index in [4.69, 9.17) is 37.6 Å². The third-order valence-electron chi connectivity index (χ3n) is 7.83. The van der Waals surface area contributed by atoms with Crippen LogP contribution in [0.4, 0.5) is 10.5 Å². The molecule has 0 bridgehead atoms. The maximum atomic E-state index is 13.2. The van der Waals surface area contributed by atoms with Crippen LogP contribution in [0.5, 0.6) is 0 Å². The predicted molar refractivity (Wildman–Crippen MR) is 183 cm³/mol. The van der Waals surface area contributed by atoms with E-state index in [0.29, 0.717) is 112 Å². The van der Waals surface area contributed by atoms with Crippen molar-refractivity contribution in [3.63, 3.8) is 0 Å². The molecule has 1 fully saturated rings. The summed E-state index contributed by atoms with van der Waals surface area (Å²) in [6.07, 6.45) is -0.341. The topological polar surface area (TPSA) is 97.4 Å². The molecule has 0 unspecified atom stereocenters. The lowest BCUT2D eigenvalue weighted by Gasteiger charge is -2.37. The van der Waals surface area contributed by atoms with Crippen molar-refractivity contribution in [2.75, 3.05) is 110 Å². The van der Waals surface area contributed by atoms with Crippen molar-refractivity contribution < 1.29 is 42.4 Å². The molecule has 1 aliphatic heterocycles. The largest absolute Gasteiger partial charge is 0.444 e. The molecule has 11 nitrogen and oxygen atoms in total. The second kappa shape index (κ2) is 21.2. The number of anilines is 1. The first-order valence-corrected chi connectivity index (χ1v) is 19.6. The van der Waals surface area contributed by atoms with Crippen molar-refractivity contribution in [3.05, 3.63) is 29.8 Å². The lowest BCUT2D eigenvalue weighted by molar-refractivity contribution is -0.0152. The van der Waals surface area contributed by atoms with Gasteiger partial charge in [0.15, 0.2) is 8.32 Å². The van der Waals surface area contributed by atoms with Crippen LogP contribution in [-0.4, -0.2) is 130 Å². The van der Waals surface area contributed by atoms with E-state index in [-0.39, 0.29) is 11.1 Å². The number of carbonyl (C=O) groups is 1. The SMILES string of the molecule is CC(C)(C)OC(=O)N(CCO[Si](C)(C)C(C)(C)C)Cc1ccc(N2CCOCCOCCOCCOCCOCCOCC2)cc1. The minimum atomic E-state index is -1.94. The standard InChI is InChI=1S/C34H62N2O9Si/c1-33(2,3)45-32(37)36(15-18-44-46(7,8)34(4,5)6)29-30-9-11-31(12-10-30)35-13-16-38-19-21-40-23-25-42-27-28-43-26-24-41-22-20-39-17-14-35/h9-12H,13-29H2,1-8H3. The van der Waals surface area contributed by atoms with E-state index in [9.17, 15) is 4.79 Å². The van der Waals surface area contributed by atoms with Crippen molar-refractivity contribution in [1.82, 2.24) is 4.90 Å². The smallest absolute Gasteiger partial charge is 0.410 e. The average molecular weight is 671 g/mol. The van der Waals surface area contributed by atoms with Crippen molar-refractivity contribution in [1.29, 1.82) is 0 Å². The molecule has 0 aromatic heterocycles. The first-order chi connectivity index (χ1) is 21.8. The highest BCUT2D eigenvalue weighted by molar-refractivity contribution is 6.74. The Morgan fingerprint density at radius 2 is 1.13 bits per heavy atom. The second-order valence-electron chi connectivity index (χ2n) is 13.8. The Bertz CT molecular complexity index is 929. The molecule has 1 aromatic carbocycles. The predicted octanol–water partition coefficient (Wildman–Crippen LogP) is 5.37. The van der Waals surface area contributed by atoms with Gasteiger partial charge in [0.2, 0.25) is 0 Å². The third kappa shape index (κ3) is 17.4. The number of rotatable bonds is 7. The number of amides is 1. The fraction of sp³-hybridized carbons (Fsp3) is 0.794. The number of nitrogens with zero attached hydrogens (tertiary/aromatic N) is 2. The molecule has 0 radical (unpaired) electrons. The summed E-state index contributed by atoms with van der Waals surface area (Å²) in [6.45, 7) is 25.9. The zero-order chi connectivity index (χ0) is 33.9. The van der Waals surface area contributed by atoms with E-state index in [2.05, 4.69) is 63.0 Å². The van der Waals surface area contributed by atoms with Gasteiger partial charge in [-0.1, -0.05) is 32.9 Å². The summed E-state index contributed by atoms with van der Waals surface area (Å²) >= 11 is 0. The molecule has 1 heterocycles. The zero-order valence-electron chi connectivity index (χ0n) is 29.9. The monoisotopic (exact) mass is 670 g/mol. The molecule has 1 saturated heterocycles. The Morgan fingerprint density at radius 3 is 1.52 bits per heavy atom. The van der Waals surface area contributed by atoms with Crippen molar-refractivity contribution in [2.24, 2.45) is 0 Å². The molecule has 0 spiro atoms. The Kier molecular flexibility index (Phi) is 18.7. The maximum Gasteiger partial charge on any atom is 0.410 e. The highest BCUT2D eigenvalue weighted by atomic mass is 28.4. The molecule has 0 saturated carbocycles. The van der Waals surface area contributed by atoms with E-state index in [1.807, 2.05) is 20.8 Å². The van der Waals surface area contributed by atoms with Gasteiger partial charge in [0, 0.05) is 31.9 Å². The second-order valence-corrected chi connectivity index (χ2v) is 18.6. The minimum Gasteiger partial charge on any atom is -0.444 e. The van der Waals surface area contributed by atoms with Crippen LogP contribution >= 0.6 is 0 Å². The molecule has 0 aliphatic carbocycles. The van der Waals surface area contributed by atoms with Gasteiger partial charge in [0.25, 0.3) is 0 Å². The molecule has 1 amide bonds. The molecule has 266 valence electrons. The minimum absolute atomic E-state index is 0.0965. The van der Waals surface area contributed by atoms with Crippen LogP contribution in [0.1, 0.15) is 47.1 Å². The number of carbonyl (C=O) groups excluding carboxylic acids is 1. The molecule has 1 aliphatic rings. The highest BCUT2D eigenvalue weighted by Crippen LogP contribution is 2.36. The average Bonchev–Trinajstić information content (AvgIpc) is 2.97. The zero-order valence-corrected chi connectivity index (χ0v) is 30.9. The quantitative estimate of drug-likeness (QED) is 0.353. The normalized spacial score (nSPS) is 18.4. The Morgan fingerprint density at radius 1 is 0.717 bits per heavy atom. The summed E-state index contributed by atoms with van der Waals surface area (Å²) < 4.78 is 46.1. The van der Waals surface area contributed by atoms with Crippen LogP contribution in [0, 0.1) is 0 Å². The summed E-state index contributed by atoms with van der Waals surface area (Å²) in [7, 11) is -1.94. The molecular formula is C34H62N2O9Si. The Labute approximate surface area is 279 Å². The summed E-state index contributed by atoms with van der Waals surface area (Å²) in [6, 6.07) is 8.30. The van der Waals surface area contributed by atoms with Gasteiger partial charge in [-0.2, -0.15) is 0 Å². The summed E-state index contributed by atoms with van der Waals surface area (Å²) in [5, 5.41) is 0.0965. The molecular weight excluding hydrogens is 608 g/mol. The molecule has 1 aromatic rings. The first kappa shape index (κ1) is 40.4. The number of benzene rings is 1. The third-order valence-corrected chi connectivity index (χ3v) is 12.4. The summed E-state index contributed by atoms with van der Waals surface area (Å²) in [4.78, 5) is 17.2. The van der Waals surface area contributed by atoms with E-state index < -0.39 is 13.9 Å². The van der Waals surface area contributed by atoms with Gasteiger partial charge in [-0.25, -0.2) is 4.79 Å². The first-order valence-electron chi connectivity index (χ1n) is 16.7. The number of hydrogen-bond donors (Lipinski definition) is 0. The van der Waals surface area contributed by atoms with Gasteiger partial charge in [-0.05, 0) is 56.6 Å². The fourth-order valence-corrected chi connectivity index (χ4v) is 5.18. The highest BCUT2D eigenvalue weighted by Gasteiger charge is 2.37. The van der Waals surface area contributed by atoms with Gasteiger partial charge in [0.1, 0.15) is 5.60 Å². The molecule has 12 heteroatoms. The molecule has 2 rings (SSSR count). The van der Waals surface area contributed by atoms with Crippen LogP contribution in [-0.2, 0) is 44.1 Å². The van der Waals surface area contributed by atoms with Gasteiger partial charge in [-0.3, -0.25) is 0 Å². The van der Waals surface area contributed by atoms with E-state index in [0.717, 1.165) is 11.3 Å². The number of hydrogen-bond acceptors (Lipinski definition) is 10. The van der Waals surface area contributed by atoms with Crippen LogP contribution < -0.4 is 4.90 Å². The molecule has 46 heavy (non-hydrogen) atoms. The molecule has 0 atom stereocenters. The van der Waals surface area contributed by atoms with E-state index >= 15 is 0 Å². The van der Waals surface area contributed by atoms with E-state index in [1.54, 1.807) is 4.90 Å². The summed E-state index contributed by atoms with van der Waals surface area (Å²) in [5.41, 5.74) is 1.49. The van der Waals surface area contributed by atoms with Crippen molar-refractivity contribution in [2.45, 2.75) is 71.8 Å². The maximum absolute atomic E-state index is 13.2. The van der Waals surface area contributed by atoms with Gasteiger partial charge in [0.05, 0.1) is 85.9 Å². The number of ether oxygens (including phenoxy) is 7.